The van der Waals surface area contributed by atoms with Crippen LogP contribution in [0.25, 0.3) is 0 Å². The SMILES string of the molecule is COC(=O)c1ccccc1[C@H]1O[C@@H]2SC(N(C)C(=O)OC(C)(C)C)=N[C@@H]2C[C@@H]1OC(=O)c1ccccc1. The van der Waals surface area contributed by atoms with Crippen LogP contribution in [-0.2, 0) is 18.9 Å². The molecule has 4 rings (SSSR count). The normalized spacial score (nSPS) is 22.9. The summed E-state index contributed by atoms with van der Waals surface area (Å²) in [7, 11) is 2.90. The van der Waals surface area contributed by atoms with Gasteiger partial charge < -0.3 is 18.9 Å². The van der Waals surface area contributed by atoms with Crippen molar-refractivity contribution in [2.75, 3.05) is 14.2 Å². The zero-order valence-electron chi connectivity index (χ0n) is 21.4. The number of thioether (sulfide) groups is 1. The van der Waals surface area contributed by atoms with E-state index in [-0.39, 0.29) is 6.04 Å². The lowest BCUT2D eigenvalue weighted by Gasteiger charge is -2.37. The van der Waals surface area contributed by atoms with Gasteiger partial charge in [0, 0.05) is 13.5 Å². The summed E-state index contributed by atoms with van der Waals surface area (Å²) in [5.41, 5.74) is 0.164. The lowest BCUT2D eigenvalue weighted by Crippen LogP contribution is -2.41. The van der Waals surface area contributed by atoms with Crippen molar-refractivity contribution < 1.29 is 33.3 Å². The third-order valence-electron chi connectivity index (χ3n) is 5.80. The Balaban J connectivity index is 1.62. The van der Waals surface area contributed by atoms with E-state index in [1.807, 2.05) is 6.07 Å². The lowest BCUT2D eigenvalue weighted by molar-refractivity contribution is -0.103. The molecule has 37 heavy (non-hydrogen) atoms. The molecule has 0 radical (unpaired) electrons. The number of fused-ring (bicyclic) bond motifs is 1. The predicted octanol–water partition coefficient (Wildman–Crippen LogP) is 4.82. The Morgan fingerprint density at radius 2 is 1.70 bits per heavy atom. The first kappa shape index (κ1) is 26.7. The molecule has 0 N–H and O–H groups in total. The maximum absolute atomic E-state index is 13.0. The maximum Gasteiger partial charge on any atom is 0.416 e. The van der Waals surface area contributed by atoms with Gasteiger partial charge in [0.2, 0.25) is 0 Å². The van der Waals surface area contributed by atoms with E-state index in [4.69, 9.17) is 18.9 Å². The Morgan fingerprint density at radius 1 is 1.03 bits per heavy atom. The first-order valence-electron chi connectivity index (χ1n) is 11.9. The van der Waals surface area contributed by atoms with E-state index in [2.05, 4.69) is 4.99 Å². The number of amidine groups is 1. The van der Waals surface area contributed by atoms with Crippen molar-refractivity contribution in [1.82, 2.24) is 4.90 Å². The van der Waals surface area contributed by atoms with Gasteiger partial charge in [-0.3, -0.25) is 9.89 Å². The second-order valence-electron chi connectivity index (χ2n) is 9.69. The van der Waals surface area contributed by atoms with Crippen molar-refractivity contribution in [2.45, 2.75) is 56.5 Å². The topological polar surface area (TPSA) is 104 Å². The number of rotatable bonds is 4. The standard InChI is InChI=1S/C27H30N2O7S/c1-27(2,3)36-26(32)29(4)25-28-19-15-20(34-22(30)16-11-7-6-8-12-16)21(35-24(19)37-25)17-13-9-10-14-18(17)23(31)33-5/h6-14,19-21,24H,15H2,1-5H3/t19-,20+,21-,24-/m1/s1. The van der Waals surface area contributed by atoms with Gasteiger partial charge in [0.15, 0.2) is 5.17 Å². The number of hydrogen-bond donors (Lipinski definition) is 0. The molecule has 0 spiro atoms. The van der Waals surface area contributed by atoms with Gasteiger partial charge in [-0.2, -0.15) is 0 Å². The van der Waals surface area contributed by atoms with Crippen molar-refractivity contribution in [3.8, 4) is 0 Å². The molecular weight excluding hydrogens is 496 g/mol. The van der Waals surface area contributed by atoms with Crippen LogP contribution in [0.4, 0.5) is 4.79 Å². The first-order chi connectivity index (χ1) is 17.6. The van der Waals surface area contributed by atoms with Gasteiger partial charge in [0.1, 0.15) is 23.2 Å². The Kier molecular flexibility index (Phi) is 7.89. The summed E-state index contributed by atoms with van der Waals surface area (Å²) in [4.78, 5) is 44.1. The smallest absolute Gasteiger partial charge is 0.416 e. The largest absolute Gasteiger partial charge is 0.465 e. The molecule has 2 heterocycles. The third-order valence-corrected chi connectivity index (χ3v) is 7.05. The molecule has 196 valence electrons. The summed E-state index contributed by atoms with van der Waals surface area (Å²) in [6.45, 7) is 5.38. The molecule has 1 saturated heterocycles. The molecule has 0 aliphatic carbocycles. The highest BCUT2D eigenvalue weighted by atomic mass is 32.2. The van der Waals surface area contributed by atoms with Crippen LogP contribution in [0.2, 0.25) is 0 Å². The van der Waals surface area contributed by atoms with Gasteiger partial charge in [-0.15, -0.1) is 0 Å². The molecule has 0 aromatic heterocycles. The molecular formula is C27H30N2O7S. The predicted molar refractivity (Wildman–Crippen MR) is 138 cm³/mol. The number of esters is 2. The van der Waals surface area contributed by atoms with Crippen molar-refractivity contribution in [3.63, 3.8) is 0 Å². The van der Waals surface area contributed by atoms with Crippen LogP contribution in [-0.4, -0.2) is 65.4 Å². The fourth-order valence-electron chi connectivity index (χ4n) is 4.07. The van der Waals surface area contributed by atoms with Gasteiger partial charge in [-0.05, 0) is 44.5 Å². The minimum absolute atomic E-state index is 0.323. The third kappa shape index (κ3) is 6.14. The number of benzene rings is 2. The Bertz CT molecular complexity index is 1190. The molecule has 0 saturated carbocycles. The molecule has 0 unspecified atom stereocenters. The Morgan fingerprint density at radius 3 is 2.38 bits per heavy atom. The first-order valence-corrected chi connectivity index (χ1v) is 12.7. The summed E-state index contributed by atoms with van der Waals surface area (Å²) in [6.07, 6.45) is -1.69. The number of amides is 1. The average Bonchev–Trinajstić information content (AvgIpc) is 3.29. The van der Waals surface area contributed by atoms with Crippen molar-refractivity contribution >= 4 is 35.0 Å². The van der Waals surface area contributed by atoms with Gasteiger partial charge in [0.05, 0.1) is 24.3 Å². The van der Waals surface area contributed by atoms with Crippen LogP contribution in [0.3, 0.4) is 0 Å². The van der Waals surface area contributed by atoms with Gasteiger partial charge in [0.25, 0.3) is 0 Å². The van der Waals surface area contributed by atoms with Gasteiger partial charge >= 0.3 is 18.0 Å². The maximum atomic E-state index is 13.0. The van der Waals surface area contributed by atoms with Crippen LogP contribution in [0.5, 0.6) is 0 Å². The molecule has 1 fully saturated rings. The second-order valence-corrected chi connectivity index (χ2v) is 10.8. The van der Waals surface area contributed by atoms with Crippen LogP contribution >= 0.6 is 11.8 Å². The highest BCUT2D eigenvalue weighted by Gasteiger charge is 2.47. The minimum Gasteiger partial charge on any atom is -0.465 e. The monoisotopic (exact) mass is 526 g/mol. The van der Waals surface area contributed by atoms with Crippen molar-refractivity contribution in [1.29, 1.82) is 0 Å². The van der Waals surface area contributed by atoms with Crippen molar-refractivity contribution in [2.24, 2.45) is 4.99 Å². The molecule has 9 nitrogen and oxygen atoms in total. The van der Waals surface area contributed by atoms with E-state index in [1.165, 1.54) is 23.8 Å². The Labute approximate surface area is 220 Å². The zero-order chi connectivity index (χ0) is 26.7. The molecule has 2 aromatic rings. The molecule has 10 heteroatoms. The van der Waals surface area contributed by atoms with Crippen LogP contribution in [0, 0.1) is 0 Å². The number of methoxy groups -OCH3 is 1. The Hall–Kier alpha value is -3.37. The lowest BCUT2D eigenvalue weighted by atomic mass is 9.92. The summed E-state index contributed by atoms with van der Waals surface area (Å²) in [5, 5.41) is 0.444. The number of carbonyl (C=O) groups excluding carboxylic acids is 3. The molecule has 2 aliphatic rings. The fraction of sp³-hybridized carbons (Fsp3) is 0.407. The van der Waals surface area contributed by atoms with E-state index in [0.717, 1.165) is 0 Å². The highest BCUT2D eigenvalue weighted by molar-refractivity contribution is 8.14. The van der Waals surface area contributed by atoms with Crippen LogP contribution in [0.1, 0.15) is 59.6 Å². The number of hydrogen-bond acceptors (Lipinski definition) is 9. The summed E-state index contributed by atoms with van der Waals surface area (Å²) < 4.78 is 22.8. The molecule has 0 bridgehead atoms. The van der Waals surface area contributed by atoms with Crippen LogP contribution in [0.15, 0.2) is 59.6 Å². The number of nitrogens with zero attached hydrogens (tertiary/aromatic N) is 2. The van der Waals surface area contributed by atoms with E-state index >= 15 is 0 Å². The minimum atomic E-state index is -0.752. The number of aliphatic imine (C=N–C) groups is 1. The second kappa shape index (κ2) is 10.9. The fourth-order valence-corrected chi connectivity index (χ4v) is 5.21. The van der Waals surface area contributed by atoms with Crippen LogP contribution < -0.4 is 0 Å². The summed E-state index contributed by atoms with van der Waals surface area (Å²) in [5.74, 6) is -1.02. The average molecular weight is 527 g/mol. The van der Waals surface area contributed by atoms with Gasteiger partial charge in [-0.25, -0.2) is 14.4 Å². The summed E-state index contributed by atoms with van der Waals surface area (Å²) >= 11 is 1.29. The van der Waals surface area contributed by atoms with E-state index in [0.29, 0.717) is 28.3 Å². The molecule has 2 aliphatic heterocycles. The van der Waals surface area contributed by atoms with E-state index in [1.54, 1.807) is 76.3 Å². The van der Waals surface area contributed by atoms with Gasteiger partial charge in [-0.1, -0.05) is 48.2 Å². The molecule has 4 atom stereocenters. The van der Waals surface area contributed by atoms with E-state index in [9.17, 15) is 14.4 Å². The van der Waals surface area contributed by atoms with E-state index < -0.39 is 41.3 Å². The van der Waals surface area contributed by atoms with Crippen molar-refractivity contribution in [3.05, 3.63) is 71.3 Å². The number of carbonyl (C=O) groups is 3. The molecule has 1 amide bonds. The summed E-state index contributed by atoms with van der Waals surface area (Å²) in [6, 6.07) is 15.2. The number of ether oxygens (including phenoxy) is 4. The quantitative estimate of drug-likeness (QED) is 0.412. The molecule has 2 aromatic carbocycles. The highest BCUT2D eigenvalue weighted by Crippen LogP contribution is 2.44. The zero-order valence-corrected chi connectivity index (χ0v) is 22.2.